The van der Waals surface area contributed by atoms with Crippen LogP contribution in [0.1, 0.15) is 29.8 Å². The van der Waals surface area contributed by atoms with Crippen molar-refractivity contribution in [2.75, 3.05) is 6.61 Å². The maximum Gasteiger partial charge on any atom is 0.289 e. The van der Waals surface area contributed by atoms with E-state index in [0.717, 1.165) is 23.0 Å². The van der Waals surface area contributed by atoms with Gasteiger partial charge >= 0.3 is 0 Å². The number of carbonyl (C=O) groups excluding carboxylic acids is 2. The average Bonchev–Trinajstić information content (AvgIpc) is 3.38. The Labute approximate surface area is 171 Å². The second kappa shape index (κ2) is 15.6. The van der Waals surface area contributed by atoms with Gasteiger partial charge in [0.05, 0.1) is 6.61 Å². The van der Waals surface area contributed by atoms with Crippen LogP contribution in [0.3, 0.4) is 0 Å². The summed E-state index contributed by atoms with van der Waals surface area (Å²) in [6.45, 7) is 4.11. The predicted octanol–water partition coefficient (Wildman–Crippen LogP) is 5.27. The first-order chi connectivity index (χ1) is 12.7. The standard InChI is InChI=1S/C11H13O2.C6H5O.C6H6.Fe/c1-3-13-11(12)8-9(2)10-6-4-5-7-10;7-5-6-3-1-2-4-6;1-2-4-6-5-3-1;/h4-8H,3H2,1-2H3;1-5H;1-6H;/q-1;-5;;. The van der Waals surface area contributed by atoms with Gasteiger partial charge in [0, 0.05) is 17.1 Å². The van der Waals surface area contributed by atoms with Crippen molar-refractivity contribution in [3.63, 3.8) is 0 Å². The molecule has 0 aliphatic heterocycles. The monoisotopic (exact) mass is 404 g/mol. The number of hydrogen-bond acceptors (Lipinski definition) is 3. The van der Waals surface area contributed by atoms with Crippen LogP contribution in [-0.4, -0.2) is 18.9 Å². The Balaban J connectivity index is 0.000000407. The molecule has 0 spiro atoms. The third kappa shape index (κ3) is 11.5. The molecule has 0 atom stereocenters. The molecule has 0 unspecified atom stereocenters. The number of allylic oxidation sites excluding steroid dienone is 1. The summed E-state index contributed by atoms with van der Waals surface area (Å²) in [6.07, 6.45) is 2.35. The van der Waals surface area contributed by atoms with Gasteiger partial charge in [-0.05, 0) is 13.0 Å². The summed E-state index contributed by atoms with van der Waals surface area (Å²) in [7, 11) is 0. The number of esters is 1. The van der Waals surface area contributed by atoms with Crippen LogP contribution in [0.5, 0.6) is 0 Å². The number of rotatable bonds is 4. The van der Waals surface area contributed by atoms with Crippen LogP contribution in [0.2, 0.25) is 0 Å². The Morgan fingerprint density at radius 2 is 1.44 bits per heavy atom. The topological polar surface area (TPSA) is 43.4 Å². The van der Waals surface area contributed by atoms with E-state index in [-0.39, 0.29) is 23.0 Å². The fourth-order valence-electron chi connectivity index (χ4n) is 1.93. The van der Waals surface area contributed by atoms with Crippen LogP contribution < -0.4 is 0 Å². The predicted molar refractivity (Wildman–Crippen MR) is 106 cm³/mol. The van der Waals surface area contributed by atoms with E-state index in [0.29, 0.717) is 6.61 Å². The molecule has 148 valence electrons. The molecule has 0 aliphatic carbocycles. The first-order valence-electron chi connectivity index (χ1n) is 8.41. The zero-order chi connectivity index (χ0) is 19.0. The van der Waals surface area contributed by atoms with Gasteiger partial charge in [0.1, 0.15) is 0 Å². The van der Waals surface area contributed by atoms with Crippen molar-refractivity contribution in [2.45, 2.75) is 13.8 Å². The number of carbonyl (C=O) groups is 2. The normalized spacial score (nSPS) is 9.48. The van der Waals surface area contributed by atoms with Crippen LogP contribution in [0.4, 0.5) is 0 Å². The first-order valence-corrected chi connectivity index (χ1v) is 8.41. The van der Waals surface area contributed by atoms with Crippen LogP contribution in [0.15, 0.2) is 91.0 Å². The van der Waals surface area contributed by atoms with Crippen molar-refractivity contribution in [2.24, 2.45) is 0 Å². The van der Waals surface area contributed by atoms with Gasteiger partial charge in [-0.3, -0.25) is 11.1 Å². The third-order valence-electron chi connectivity index (χ3n) is 3.23. The van der Waals surface area contributed by atoms with Gasteiger partial charge < -0.3 is 39.4 Å². The summed E-state index contributed by atoms with van der Waals surface area (Å²) < 4.78 is 4.80. The largest absolute Gasteiger partial charge is 0.721 e. The number of aldehydes is 1. The van der Waals surface area contributed by atoms with Gasteiger partial charge in [-0.15, -0.1) is 23.3 Å². The minimum absolute atomic E-state index is 0. The van der Waals surface area contributed by atoms with Gasteiger partial charge in [0.2, 0.25) is 0 Å². The first kappa shape index (κ1) is 24.3. The molecule has 4 heteroatoms. The Bertz CT molecular complexity index is 716. The van der Waals surface area contributed by atoms with E-state index < -0.39 is 0 Å². The second-order valence-corrected chi connectivity index (χ2v) is 5.24. The molecule has 0 aromatic heterocycles. The van der Waals surface area contributed by atoms with Gasteiger partial charge in [0.25, 0.3) is 5.97 Å². The second-order valence-electron chi connectivity index (χ2n) is 5.24. The Hall–Kier alpha value is -2.68. The van der Waals surface area contributed by atoms with E-state index in [1.807, 2.05) is 79.7 Å². The quantitative estimate of drug-likeness (QED) is 0.196. The summed E-state index contributed by atoms with van der Waals surface area (Å²) in [5.41, 5.74) is 2.75. The van der Waals surface area contributed by atoms with Crippen LogP contribution in [0, 0.1) is 0 Å². The SMILES string of the molecule is CCOC(=O)C=C(C)[c-]1cccc1.O=C[c-]1[cH-][cH-][cH-][cH-]1.[Fe].c1ccccc1. The van der Waals surface area contributed by atoms with Crippen molar-refractivity contribution in [3.05, 3.63) is 102 Å². The van der Waals surface area contributed by atoms with Crippen molar-refractivity contribution in [1.82, 2.24) is 0 Å². The molecule has 0 fully saturated rings. The zero-order valence-corrected chi connectivity index (χ0v) is 16.6. The maximum atomic E-state index is 11.1. The van der Waals surface area contributed by atoms with Crippen LogP contribution in [-0.2, 0) is 26.6 Å². The van der Waals surface area contributed by atoms with Crippen molar-refractivity contribution in [3.8, 4) is 0 Å². The Kier molecular flexibility index (Phi) is 14.0. The number of ether oxygens (including phenoxy) is 1. The molecule has 3 rings (SSSR count). The molecule has 0 saturated carbocycles. The van der Waals surface area contributed by atoms with Gasteiger partial charge in [-0.1, -0.05) is 43.3 Å². The average molecular weight is 404 g/mol. The third-order valence-corrected chi connectivity index (χ3v) is 3.23. The van der Waals surface area contributed by atoms with Gasteiger partial charge in [-0.2, -0.15) is 12.1 Å². The molecule has 0 aliphatic rings. The molecule has 3 nitrogen and oxygen atoms in total. The minimum atomic E-state index is -0.277. The van der Waals surface area contributed by atoms with Gasteiger partial charge in [-0.25, -0.2) is 0 Å². The molecule has 0 N–H and O–H groups in total. The minimum Gasteiger partial charge on any atom is -0.721 e. The molecule has 3 aromatic rings. The fourth-order valence-corrected chi connectivity index (χ4v) is 1.93. The molecule has 3 aromatic carbocycles. The molecule has 0 radical (unpaired) electrons. The molecule has 0 amide bonds. The van der Waals surface area contributed by atoms with E-state index in [1.54, 1.807) is 19.1 Å². The van der Waals surface area contributed by atoms with Gasteiger partial charge in [0.15, 0.2) is 0 Å². The summed E-state index contributed by atoms with van der Waals surface area (Å²) in [6, 6.07) is 27.0. The molecular formula is C23H24FeO3-6. The van der Waals surface area contributed by atoms with Crippen molar-refractivity contribution in [1.29, 1.82) is 0 Å². The Morgan fingerprint density at radius 3 is 1.81 bits per heavy atom. The van der Waals surface area contributed by atoms with E-state index in [1.165, 1.54) is 6.08 Å². The molecular weight excluding hydrogens is 380 g/mol. The summed E-state index contributed by atoms with van der Waals surface area (Å²) >= 11 is 0. The van der Waals surface area contributed by atoms with E-state index in [9.17, 15) is 9.59 Å². The van der Waals surface area contributed by atoms with E-state index >= 15 is 0 Å². The van der Waals surface area contributed by atoms with Crippen molar-refractivity contribution < 1.29 is 31.4 Å². The molecule has 0 saturated heterocycles. The van der Waals surface area contributed by atoms with E-state index in [4.69, 9.17) is 4.74 Å². The van der Waals surface area contributed by atoms with Crippen LogP contribution >= 0.6 is 0 Å². The fraction of sp³-hybridized carbons (Fsp3) is 0.130. The molecule has 0 heterocycles. The van der Waals surface area contributed by atoms with E-state index in [2.05, 4.69) is 0 Å². The van der Waals surface area contributed by atoms with Crippen molar-refractivity contribution >= 4 is 17.8 Å². The Morgan fingerprint density at radius 1 is 0.963 bits per heavy atom. The smallest absolute Gasteiger partial charge is 0.289 e. The molecule has 0 bridgehead atoms. The number of benzene rings is 1. The summed E-state index contributed by atoms with van der Waals surface area (Å²) in [4.78, 5) is 20.9. The number of hydrogen-bond donors (Lipinski definition) is 0. The zero-order valence-electron chi connectivity index (χ0n) is 15.5. The summed E-state index contributed by atoms with van der Waals surface area (Å²) in [5, 5.41) is 0. The summed E-state index contributed by atoms with van der Waals surface area (Å²) in [5.74, 6) is -0.277. The molecule has 27 heavy (non-hydrogen) atoms. The van der Waals surface area contributed by atoms with Crippen LogP contribution in [0.25, 0.3) is 5.57 Å². The maximum absolute atomic E-state index is 11.1.